The van der Waals surface area contributed by atoms with Crippen molar-refractivity contribution in [3.63, 3.8) is 0 Å². The minimum absolute atomic E-state index is 0.0120. The third-order valence-corrected chi connectivity index (χ3v) is 4.52. The number of nitrogens with zero attached hydrogens (tertiary/aromatic N) is 4. The van der Waals surface area contributed by atoms with Crippen LogP contribution in [-0.2, 0) is 0 Å². The van der Waals surface area contributed by atoms with Gasteiger partial charge in [0.2, 0.25) is 0 Å². The molecule has 1 aliphatic heterocycles. The summed E-state index contributed by atoms with van der Waals surface area (Å²) in [5, 5.41) is 4.22. The molecular weight excluding hydrogens is 304 g/mol. The van der Waals surface area contributed by atoms with Crippen LogP contribution in [0.4, 0.5) is 0 Å². The summed E-state index contributed by atoms with van der Waals surface area (Å²) in [7, 11) is 1.65. The van der Waals surface area contributed by atoms with E-state index in [1.165, 1.54) is 0 Å². The molecule has 122 valence electrons. The lowest BCUT2D eigenvalue weighted by molar-refractivity contribution is 0.0737. The first-order valence-corrected chi connectivity index (χ1v) is 8.01. The molecule has 2 aromatic heterocycles. The van der Waals surface area contributed by atoms with Crippen LogP contribution in [0.2, 0.25) is 0 Å². The number of aromatic nitrogens is 3. The van der Waals surface area contributed by atoms with Crippen LogP contribution in [0, 0.1) is 0 Å². The molecule has 6 nitrogen and oxygen atoms in total. The van der Waals surface area contributed by atoms with Gasteiger partial charge in [-0.3, -0.25) is 4.79 Å². The predicted octanol–water partition coefficient (Wildman–Crippen LogP) is 2.72. The molecule has 1 fully saturated rings. The van der Waals surface area contributed by atoms with E-state index in [2.05, 4.69) is 10.1 Å². The van der Waals surface area contributed by atoms with Crippen molar-refractivity contribution < 1.29 is 9.53 Å². The second-order valence-corrected chi connectivity index (χ2v) is 5.88. The summed E-state index contributed by atoms with van der Waals surface area (Å²) < 4.78 is 6.84. The van der Waals surface area contributed by atoms with Crippen molar-refractivity contribution in [1.29, 1.82) is 0 Å². The average Bonchev–Trinajstić information content (AvgIpc) is 3.28. The summed E-state index contributed by atoms with van der Waals surface area (Å²) in [6.07, 6.45) is 7.04. The van der Waals surface area contributed by atoms with E-state index in [0.29, 0.717) is 11.2 Å². The summed E-state index contributed by atoms with van der Waals surface area (Å²) in [6, 6.07) is 9.82. The van der Waals surface area contributed by atoms with E-state index < -0.39 is 0 Å². The van der Waals surface area contributed by atoms with Gasteiger partial charge < -0.3 is 9.64 Å². The quantitative estimate of drug-likeness (QED) is 0.744. The zero-order chi connectivity index (χ0) is 16.5. The molecule has 1 unspecified atom stereocenters. The molecule has 0 saturated carbocycles. The van der Waals surface area contributed by atoms with E-state index in [9.17, 15) is 4.79 Å². The number of hydrogen-bond acceptors (Lipinski definition) is 4. The van der Waals surface area contributed by atoms with Crippen molar-refractivity contribution in [2.75, 3.05) is 13.7 Å². The number of rotatable bonds is 3. The van der Waals surface area contributed by atoms with Gasteiger partial charge in [-0.15, -0.1) is 0 Å². The van der Waals surface area contributed by atoms with Gasteiger partial charge in [0.05, 0.1) is 19.3 Å². The van der Waals surface area contributed by atoms with Gasteiger partial charge in [0.25, 0.3) is 5.91 Å². The summed E-state index contributed by atoms with van der Waals surface area (Å²) >= 11 is 0. The van der Waals surface area contributed by atoms with E-state index in [1.807, 2.05) is 29.2 Å². The molecule has 1 aliphatic rings. The molecule has 6 heteroatoms. The standard InChI is InChI=1S/C18H18N4O2/c1-24-14-7-5-13(6-8-14)16-4-2-10-21(16)18(23)15-12-20-22-11-3-9-19-17(15)22/h3,5-9,11-12,16H,2,4,10H2,1H3. The highest BCUT2D eigenvalue weighted by Gasteiger charge is 2.32. The molecule has 0 spiro atoms. The van der Waals surface area contributed by atoms with Crippen LogP contribution >= 0.6 is 0 Å². The Bertz CT molecular complexity index is 872. The van der Waals surface area contributed by atoms with Crippen LogP contribution < -0.4 is 4.74 Å². The number of methoxy groups -OCH3 is 1. The lowest BCUT2D eigenvalue weighted by Crippen LogP contribution is -2.30. The summed E-state index contributed by atoms with van der Waals surface area (Å²) in [5.41, 5.74) is 2.28. The average molecular weight is 322 g/mol. The van der Waals surface area contributed by atoms with Crippen molar-refractivity contribution in [3.05, 3.63) is 60.0 Å². The number of benzene rings is 1. The Morgan fingerprint density at radius 2 is 2.12 bits per heavy atom. The van der Waals surface area contributed by atoms with E-state index >= 15 is 0 Å². The van der Waals surface area contributed by atoms with E-state index in [1.54, 1.807) is 36.3 Å². The fraction of sp³-hybridized carbons (Fsp3) is 0.278. The van der Waals surface area contributed by atoms with Crippen LogP contribution in [0.1, 0.15) is 34.8 Å². The first-order valence-electron chi connectivity index (χ1n) is 8.01. The number of fused-ring (bicyclic) bond motifs is 1. The first-order chi connectivity index (χ1) is 11.8. The number of ether oxygens (including phenoxy) is 1. The molecule has 1 saturated heterocycles. The molecule has 24 heavy (non-hydrogen) atoms. The van der Waals surface area contributed by atoms with E-state index in [0.717, 1.165) is 30.7 Å². The lowest BCUT2D eigenvalue weighted by atomic mass is 10.0. The van der Waals surface area contributed by atoms with Crippen LogP contribution in [0.15, 0.2) is 48.9 Å². The molecule has 1 atom stereocenters. The molecular formula is C18H18N4O2. The van der Waals surface area contributed by atoms with E-state index in [-0.39, 0.29) is 11.9 Å². The van der Waals surface area contributed by atoms with Crippen LogP contribution in [0.3, 0.4) is 0 Å². The zero-order valence-electron chi connectivity index (χ0n) is 13.4. The number of carbonyl (C=O) groups excluding carboxylic acids is 1. The Morgan fingerprint density at radius 1 is 1.29 bits per heavy atom. The van der Waals surface area contributed by atoms with Gasteiger partial charge in [0, 0.05) is 18.9 Å². The highest BCUT2D eigenvalue weighted by atomic mass is 16.5. The topological polar surface area (TPSA) is 59.7 Å². The lowest BCUT2D eigenvalue weighted by Gasteiger charge is -2.24. The molecule has 0 aliphatic carbocycles. The fourth-order valence-corrected chi connectivity index (χ4v) is 3.32. The normalized spacial score (nSPS) is 17.4. The molecule has 0 radical (unpaired) electrons. The summed E-state index contributed by atoms with van der Waals surface area (Å²) in [5.74, 6) is 0.809. The smallest absolute Gasteiger partial charge is 0.259 e. The van der Waals surface area contributed by atoms with Crippen molar-refractivity contribution >= 4 is 11.6 Å². The second-order valence-electron chi connectivity index (χ2n) is 5.88. The van der Waals surface area contributed by atoms with Gasteiger partial charge in [0.15, 0.2) is 5.65 Å². The van der Waals surface area contributed by atoms with Crippen LogP contribution in [-0.4, -0.2) is 39.1 Å². The number of hydrogen-bond donors (Lipinski definition) is 0. The maximum atomic E-state index is 13.0. The van der Waals surface area contributed by atoms with Gasteiger partial charge in [-0.05, 0) is 36.6 Å². The Balaban J connectivity index is 1.65. The van der Waals surface area contributed by atoms with Crippen molar-refractivity contribution in [1.82, 2.24) is 19.5 Å². The van der Waals surface area contributed by atoms with Gasteiger partial charge in [-0.2, -0.15) is 5.10 Å². The highest BCUT2D eigenvalue weighted by molar-refractivity contribution is 6.00. The SMILES string of the molecule is COc1ccc(C2CCCN2C(=O)c2cnn3cccnc23)cc1. The minimum Gasteiger partial charge on any atom is -0.497 e. The molecule has 3 aromatic rings. The maximum absolute atomic E-state index is 13.0. The molecule has 0 bridgehead atoms. The highest BCUT2D eigenvalue weighted by Crippen LogP contribution is 2.34. The first kappa shape index (κ1) is 14.7. The number of amides is 1. The third-order valence-electron chi connectivity index (χ3n) is 4.52. The zero-order valence-corrected chi connectivity index (χ0v) is 13.4. The minimum atomic E-state index is -0.0120. The van der Waals surface area contributed by atoms with Crippen molar-refractivity contribution in [2.45, 2.75) is 18.9 Å². The number of carbonyl (C=O) groups is 1. The fourth-order valence-electron chi connectivity index (χ4n) is 3.32. The van der Waals surface area contributed by atoms with Gasteiger partial charge >= 0.3 is 0 Å². The molecule has 0 N–H and O–H groups in total. The molecule has 1 aromatic carbocycles. The molecule has 1 amide bonds. The largest absolute Gasteiger partial charge is 0.497 e. The Labute approximate surface area is 139 Å². The van der Waals surface area contributed by atoms with Gasteiger partial charge in [-0.1, -0.05) is 12.1 Å². The third kappa shape index (κ3) is 2.40. The molecule has 4 rings (SSSR count). The summed E-state index contributed by atoms with van der Waals surface area (Å²) in [6.45, 7) is 0.750. The van der Waals surface area contributed by atoms with Crippen molar-refractivity contribution in [3.8, 4) is 5.75 Å². The van der Waals surface area contributed by atoms with E-state index in [4.69, 9.17) is 4.74 Å². The van der Waals surface area contributed by atoms with Crippen molar-refractivity contribution in [2.24, 2.45) is 0 Å². The Hall–Kier alpha value is -2.89. The summed E-state index contributed by atoms with van der Waals surface area (Å²) in [4.78, 5) is 19.3. The van der Waals surface area contributed by atoms with Crippen LogP contribution in [0.25, 0.3) is 5.65 Å². The monoisotopic (exact) mass is 322 g/mol. The Morgan fingerprint density at radius 3 is 2.92 bits per heavy atom. The predicted molar refractivity (Wildman–Crippen MR) is 89.0 cm³/mol. The maximum Gasteiger partial charge on any atom is 0.259 e. The Kier molecular flexibility index (Phi) is 3.65. The molecule has 3 heterocycles. The van der Waals surface area contributed by atoms with Gasteiger partial charge in [-0.25, -0.2) is 9.50 Å². The van der Waals surface area contributed by atoms with Gasteiger partial charge in [0.1, 0.15) is 11.3 Å². The second kappa shape index (κ2) is 5.96. The number of likely N-dealkylation sites (tertiary alicyclic amines) is 1. The van der Waals surface area contributed by atoms with Crippen LogP contribution in [0.5, 0.6) is 5.75 Å².